The lowest BCUT2D eigenvalue weighted by Crippen LogP contribution is -2.09. The van der Waals surface area contributed by atoms with Crippen LogP contribution in [-0.2, 0) is 4.84 Å². The highest BCUT2D eigenvalue weighted by atomic mass is 16.6. The zero-order valence-electron chi connectivity index (χ0n) is 7.76. The van der Waals surface area contributed by atoms with E-state index in [0.717, 1.165) is 18.6 Å². The minimum absolute atomic E-state index is 0.358. The van der Waals surface area contributed by atoms with E-state index in [-0.39, 0.29) is 0 Å². The van der Waals surface area contributed by atoms with Crippen molar-refractivity contribution >= 4 is 5.71 Å². The number of rotatable bonds is 4. The minimum atomic E-state index is 0.358. The van der Waals surface area contributed by atoms with E-state index in [0.29, 0.717) is 13.2 Å². The molecule has 2 N–H and O–H groups in total. The largest absolute Gasteiger partial charge is 0.383 e. The van der Waals surface area contributed by atoms with E-state index in [1.54, 1.807) is 0 Å². The van der Waals surface area contributed by atoms with Gasteiger partial charge in [-0.3, -0.25) is 0 Å². The van der Waals surface area contributed by atoms with Crippen LogP contribution in [0.5, 0.6) is 0 Å². The summed E-state index contributed by atoms with van der Waals surface area (Å²) in [6.07, 6.45) is 2.00. The third-order valence-electron chi connectivity index (χ3n) is 1.15. The Morgan fingerprint density at radius 3 is 2.83 bits per heavy atom. The van der Waals surface area contributed by atoms with Crippen molar-refractivity contribution < 1.29 is 4.84 Å². The molecule has 3 nitrogen and oxygen atoms in total. The molecule has 0 saturated heterocycles. The molecule has 3 heteroatoms. The maximum absolute atomic E-state index is 5.29. The van der Waals surface area contributed by atoms with Crippen LogP contribution in [0.1, 0.15) is 26.7 Å². The van der Waals surface area contributed by atoms with Gasteiger partial charge >= 0.3 is 0 Å². The van der Waals surface area contributed by atoms with Gasteiger partial charge in [0.2, 0.25) is 0 Å². The highest BCUT2D eigenvalue weighted by Crippen LogP contribution is 1.82. The molecule has 0 aliphatic carbocycles. The standard InChI is InChI=1S/C9H16N2O/c1-3-4-5-6-7-12-11-9(2)8-10/h3-4,7-8,10H2,1-2H3. The van der Waals surface area contributed by atoms with Crippen molar-refractivity contribution in [1.29, 1.82) is 0 Å². The van der Waals surface area contributed by atoms with Crippen LogP contribution >= 0.6 is 0 Å². The lowest BCUT2D eigenvalue weighted by atomic mass is 10.3. The van der Waals surface area contributed by atoms with Gasteiger partial charge in [0.15, 0.2) is 6.61 Å². The van der Waals surface area contributed by atoms with Gasteiger partial charge in [-0.05, 0) is 13.3 Å². The van der Waals surface area contributed by atoms with Crippen LogP contribution in [0, 0.1) is 11.8 Å². The maximum atomic E-state index is 5.29. The van der Waals surface area contributed by atoms with E-state index in [9.17, 15) is 0 Å². The predicted molar refractivity (Wildman–Crippen MR) is 50.8 cm³/mol. The van der Waals surface area contributed by atoms with Crippen LogP contribution in [0.25, 0.3) is 0 Å². The summed E-state index contributed by atoms with van der Waals surface area (Å²) >= 11 is 0. The second-order valence-corrected chi connectivity index (χ2v) is 2.41. The zero-order chi connectivity index (χ0) is 9.23. The van der Waals surface area contributed by atoms with Gasteiger partial charge in [0.05, 0.1) is 5.71 Å². The third-order valence-corrected chi connectivity index (χ3v) is 1.15. The van der Waals surface area contributed by atoms with E-state index in [2.05, 4.69) is 23.9 Å². The van der Waals surface area contributed by atoms with Gasteiger partial charge < -0.3 is 10.6 Å². The molecule has 0 amide bonds. The topological polar surface area (TPSA) is 47.6 Å². The average Bonchev–Trinajstić information content (AvgIpc) is 2.10. The van der Waals surface area contributed by atoms with Crippen molar-refractivity contribution in [3.05, 3.63) is 0 Å². The minimum Gasteiger partial charge on any atom is -0.383 e. The van der Waals surface area contributed by atoms with Crippen molar-refractivity contribution in [2.24, 2.45) is 10.9 Å². The summed E-state index contributed by atoms with van der Waals surface area (Å²) in [7, 11) is 0. The van der Waals surface area contributed by atoms with Gasteiger partial charge in [-0.15, -0.1) is 0 Å². The molecule has 0 spiro atoms. The molecule has 0 fully saturated rings. The van der Waals surface area contributed by atoms with Gasteiger partial charge in [-0.2, -0.15) is 0 Å². The monoisotopic (exact) mass is 168 g/mol. The molecule has 0 aliphatic rings. The summed E-state index contributed by atoms with van der Waals surface area (Å²) in [5.74, 6) is 5.80. The highest BCUT2D eigenvalue weighted by molar-refractivity contribution is 5.83. The smallest absolute Gasteiger partial charge is 0.177 e. The SMILES string of the molecule is CCCC#CCON=C(C)CN. The van der Waals surface area contributed by atoms with E-state index < -0.39 is 0 Å². The summed E-state index contributed by atoms with van der Waals surface area (Å²) in [5.41, 5.74) is 6.07. The number of nitrogens with two attached hydrogens (primary N) is 1. The van der Waals surface area contributed by atoms with E-state index in [4.69, 9.17) is 10.6 Å². The first kappa shape index (κ1) is 11.0. The molecule has 68 valence electrons. The summed E-state index contributed by atoms with van der Waals surface area (Å²) in [6.45, 7) is 4.70. The number of hydrogen-bond donors (Lipinski definition) is 1. The Hall–Kier alpha value is -1.01. The molecule has 0 saturated carbocycles. The number of hydrogen-bond acceptors (Lipinski definition) is 3. The summed E-state index contributed by atoms with van der Waals surface area (Å²) in [4.78, 5) is 4.87. The lowest BCUT2D eigenvalue weighted by Gasteiger charge is -1.93. The Bertz CT molecular complexity index is 188. The summed E-state index contributed by atoms with van der Waals surface area (Å²) in [5, 5.41) is 3.73. The van der Waals surface area contributed by atoms with E-state index in [1.807, 2.05) is 6.92 Å². The molecule has 0 radical (unpaired) electrons. The fourth-order valence-corrected chi connectivity index (χ4v) is 0.476. The molecule has 0 unspecified atom stereocenters. The lowest BCUT2D eigenvalue weighted by molar-refractivity contribution is 0.179. The van der Waals surface area contributed by atoms with Crippen LogP contribution in [0.15, 0.2) is 5.16 Å². The number of unbranched alkanes of at least 4 members (excludes halogenated alkanes) is 1. The first-order chi connectivity index (χ1) is 5.81. The molecule has 0 aromatic heterocycles. The van der Waals surface area contributed by atoms with Crippen LogP contribution in [-0.4, -0.2) is 18.9 Å². The summed E-state index contributed by atoms with van der Waals surface area (Å²) < 4.78 is 0. The van der Waals surface area contributed by atoms with Crippen molar-refractivity contribution in [3.63, 3.8) is 0 Å². The Labute approximate surface area is 74.0 Å². The van der Waals surface area contributed by atoms with Crippen molar-refractivity contribution in [2.45, 2.75) is 26.7 Å². The molecule has 0 aromatic carbocycles. The van der Waals surface area contributed by atoms with Gasteiger partial charge in [0.1, 0.15) is 0 Å². The first-order valence-electron chi connectivity index (χ1n) is 4.12. The Morgan fingerprint density at radius 1 is 1.50 bits per heavy atom. The van der Waals surface area contributed by atoms with Crippen LogP contribution < -0.4 is 5.73 Å². The van der Waals surface area contributed by atoms with E-state index in [1.165, 1.54) is 0 Å². The van der Waals surface area contributed by atoms with Gasteiger partial charge in [0, 0.05) is 13.0 Å². The molecule has 0 aromatic rings. The second kappa shape index (κ2) is 8.09. The Kier molecular flexibility index (Phi) is 7.41. The van der Waals surface area contributed by atoms with E-state index >= 15 is 0 Å². The fourth-order valence-electron chi connectivity index (χ4n) is 0.476. The van der Waals surface area contributed by atoms with Crippen molar-refractivity contribution in [1.82, 2.24) is 0 Å². The van der Waals surface area contributed by atoms with Crippen molar-refractivity contribution in [2.75, 3.05) is 13.2 Å². The molecule has 0 aliphatic heterocycles. The molecule has 0 bridgehead atoms. The average molecular weight is 168 g/mol. The molecular weight excluding hydrogens is 152 g/mol. The van der Waals surface area contributed by atoms with Gasteiger partial charge in [0.25, 0.3) is 0 Å². The Morgan fingerprint density at radius 2 is 2.25 bits per heavy atom. The van der Waals surface area contributed by atoms with Crippen LogP contribution in [0.3, 0.4) is 0 Å². The zero-order valence-corrected chi connectivity index (χ0v) is 7.76. The third kappa shape index (κ3) is 7.10. The normalized spacial score (nSPS) is 10.4. The molecule has 0 rings (SSSR count). The van der Waals surface area contributed by atoms with Gasteiger partial charge in [-0.1, -0.05) is 23.9 Å². The van der Waals surface area contributed by atoms with Crippen LogP contribution in [0.2, 0.25) is 0 Å². The maximum Gasteiger partial charge on any atom is 0.177 e. The van der Waals surface area contributed by atoms with Gasteiger partial charge in [-0.25, -0.2) is 0 Å². The highest BCUT2D eigenvalue weighted by Gasteiger charge is 1.83. The molecule has 12 heavy (non-hydrogen) atoms. The molecule has 0 atom stereocenters. The summed E-state index contributed by atoms with van der Waals surface area (Å²) in [6, 6.07) is 0. The number of oxime groups is 1. The Balaban J connectivity index is 3.39. The van der Waals surface area contributed by atoms with Crippen LogP contribution in [0.4, 0.5) is 0 Å². The predicted octanol–water partition coefficient (Wildman–Crippen LogP) is 1.14. The second-order valence-electron chi connectivity index (χ2n) is 2.41. The molecular formula is C9H16N2O. The molecule has 0 heterocycles. The van der Waals surface area contributed by atoms with Crippen molar-refractivity contribution in [3.8, 4) is 11.8 Å². The first-order valence-corrected chi connectivity index (χ1v) is 4.12. The number of nitrogens with zero attached hydrogens (tertiary/aromatic N) is 1. The quantitative estimate of drug-likeness (QED) is 0.296. The fraction of sp³-hybridized carbons (Fsp3) is 0.667.